The van der Waals surface area contributed by atoms with Gasteiger partial charge in [-0.2, -0.15) is 0 Å². The molecule has 3 heterocycles. The quantitative estimate of drug-likeness (QED) is 0.208. The van der Waals surface area contributed by atoms with Crippen molar-refractivity contribution in [2.45, 2.75) is 90.8 Å². The third-order valence-electron chi connectivity index (χ3n) is 7.52. The number of rotatable bonds is 8. The number of ether oxygens (including phenoxy) is 4. The van der Waals surface area contributed by atoms with Crippen LogP contribution in [0, 0.1) is 0 Å². The first kappa shape index (κ1) is 33.7. The highest BCUT2D eigenvalue weighted by Gasteiger charge is 2.48. The standard InChI is InChI=1S/C22H27NO7.C11H15N.B/c1-5-8-16-11-23(18-10-7-6-9-17(16)18)22-21(30-15(4)26)20(29-14(3)25)19(12-27-22)28-13(2)24;1-2-5-9-8-12-11-7-4-3-6-10(9)11;/h6-7,9-11,19-22H,5,8,12H2,1-4H3;3-4,6-7,9,12H,2,5,8H2,1H3;. The van der Waals surface area contributed by atoms with Crippen molar-refractivity contribution in [3.8, 4) is 0 Å². The van der Waals surface area contributed by atoms with Gasteiger partial charge >= 0.3 is 17.9 Å². The first-order valence-corrected chi connectivity index (χ1v) is 14.8. The van der Waals surface area contributed by atoms with Crippen LogP contribution in [0.2, 0.25) is 0 Å². The Morgan fingerprint density at radius 3 is 2.21 bits per heavy atom. The zero-order valence-corrected chi connectivity index (χ0v) is 25.7. The van der Waals surface area contributed by atoms with E-state index in [1.54, 1.807) is 0 Å². The van der Waals surface area contributed by atoms with E-state index in [1.807, 2.05) is 35.0 Å². The molecule has 5 unspecified atom stereocenters. The Hall–Kier alpha value is -3.79. The average Bonchev–Trinajstić information content (AvgIpc) is 3.52. The van der Waals surface area contributed by atoms with E-state index in [9.17, 15) is 14.4 Å². The normalized spacial score (nSPS) is 22.2. The van der Waals surface area contributed by atoms with Crippen LogP contribution in [-0.2, 0) is 39.8 Å². The number of nitrogens with zero attached hydrogens (tertiary/aromatic N) is 1. The number of nitrogens with one attached hydrogen (secondary N) is 1. The van der Waals surface area contributed by atoms with Gasteiger partial charge in [-0.1, -0.05) is 63.1 Å². The molecule has 1 N–H and O–H groups in total. The van der Waals surface area contributed by atoms with Gasteiger partial charge in [0.2, 0.25) is 0 Å². The monoisotopic (exact) mass is 589 g/mol. The fraction of sp³-hybridized carbons (Fsp3) is 0.485. The minimum atomic E-state index is -0.996. The van der Waals surface area contributed by atoms with Gasteiger partial charge in [0.1, 0.15) is 0 Å². The largest absolute Gasteiger partial charge is 0.456 e. The molecule has 43 heavy (non-hydrogen) atoms. The Bertz CT molecular complexity index is 1390. The molecule has 2 aliphatic heterocycles. The Morgan fingerprint density at radius 1 is 0.884 bits per heavy atom. The third-order valence-corrected chi connectivity index (χ3v) is 7.52. The van der Waals surface area contributed by atoms with Gasteiger partial charge in [-0.05, 0) is 36.1 Å². The molecule has 1 aromatic heterocycles. The highest BCUT2D eigenvalue weighted by Crippen LogP contribution is 2.35. The van der Waals surface area contributed by atoms with Crippen LogP contribution in [0.25, 0.3) is 10.9 Å². The first-order chi connectivity index (χ1) is 20.2. The van der Waals surface area contributed by atoms with E-state index in [2.05, 4.69) is 43.4 Å². The second-order valence-electron chi connectivity index (χ2n) is 10.8. The fourth-order valence-electron chi connectivity index (χ4n) is 5.88. The lowest BCUT2D eigenvalue weighted by Gasteiger charge is -2.41. The number of esters is 3. The second kappa shape index (κ2) is 15.6. The first-order valence-electron chi connectivity index (χ1n) is 14.8. The van der Waals surface area contributed by atoms with E-state index in [4.69, 9.17) is 18.9 Å². The van der Waals surface area contributed by atoms with Gasteiger partial charge in [0.15, 0.2) is 24.5 Å². The molecule has 229 valence electrons. The average molecular weight is 590 g/mol. The minimum Gasteiger partial charge on any atom is -0.456 e. The number of carbonyl (C=O) groups is 3. The number of fused-ring (bicyclic) bond motifs is 2. The molecule has 5 atom stereocenters. The van der Waals surface area contributed by atoms with Gasteiger partial charge in [-0.25, -0.2) is 0 Å². The minimum absolute atomic E-state index is 0. The van der Waals surface area contributed by atoms with Gasteiger partial charge < -0.3 is 28.8 Å². The number of hydrogen-bond acceptors (Lipinski definition) is 8. The lowest BCUT2D eigenvalue weighted by molar-refractivity contribution is -0.239. The number of para-hydroxylation sites is 2. The maximum Gasteiger partial charge on any atom is 0.303 e. The number of aromatic nitrogens is 1. The predicted octanol–water partition coefficient (Wildman–Crippen LogP) is 5.53. The van der Waals surface area contributed by atoms with Gasteiger partial charge in [-0.15, -0.1) is 0 Å². The molecular weight excluding hydrogens is 547 g/mol. The topological polar surface area (TPSA) is 105 Å². The maximum absolute atomic E-state index is 11.9. The molecule has 1 fully saturated rings. The van der Waals surface area contributed by atoms with Crippen LogP contribution >= 0.6 is 0 Å². The number of carbonyl (C=O) groups excluding carboxylic acids is 3. The SMILES string of the molecule is CCCC1CNc2ccccc21.CCCc1cn(C2OCC(OC(C)=O)C(OC(C)=O)C2OC(C)=O)c2ccccc12.[B]. The fourth-order valence-corrected chi connectivity index (χ4v) is 5.88. The van der Waals surface area contributed by atoms with Crippen molar-refractivity contribution in [2.75, 3.05) is 18.5 Å². The van der Waals surface area contributed by atoms with E-state index < -0.39 is 42.4 Å². The molecule has 2 aromatic carbocycles. The molecule has 2 aliphatic rings. The van der Waals surface area contributed by atoms with Crippen molar-refractivity contribution < 1.29 is 33.3 Å². The molecule has 0 amide bonds. The molecule has 3 radical (unpaired) electrons. The summed E-state index contributed by atoms with van der Waals surface area (Å²) in [5, 5.41) is 4.51. The summed E-state index contributed by atoms with van der Waals surface area (Å²) in [7, 11) is 0. The number of benzene rings is 2. The Labute approximate surface area is 255 Å². The van der Waals surface area contributed by atoms with E-state index >= 15 is 0 Å². The number of anilines is 1. The Morgan fingerprint density at radius 2 is 1.53 bits per heavy atom. The summed E-state index contributed by atoms with van der Waals surface area (Å²) in [5.41, 5.74) is 4.91. The molecule has 1 saturated heterocycles. The van der Waals surface area contributed by atoms with Crippen LogP contribution < -0.4 is 5.32 Å². The van der Waals surface area contributed by atoms with Crippen molar-refractivity contribution in [3.05, 3.63) is 65.9 Å². The second-order valence-corrected chi connectivity index (χ2v) is 10.8. The zero-order valence-electron chi connectivity index (χ0n) is 25.7. The number of aryl methyl sites for hydroxylation is 1. The van der Waals surface area contributed by atoms with Crippen molar-refractivity contribution in [2.24, 2.45) is 0 Å². The third kappa shape index (κ3) is 8.19. The molecule has 5 rings (SSSR count). The smallest absolute Gasteiger partial charge is 0.303 e. The summed E-state index contributed by atoms with van der Waals surface area (Å²) in [5.74, 6) is -0.915. The van der Waals surface area contributed by atoms with E-state index in [-0.39, 0.29) is 15.0 Å². The molecule has 9 nitrogen and oxygen atoms in total. The van der Waals surface area contributed by atoms with E-state index in [0.717, 1.165) is 41.8 Å². The van der Waals surface area contributed by atoms with Crippen molar-refractivity contribution in [1.82, 2.24) is 4.57 Å². The summed E-state index contributed by atoms with van der Waals surface area (Å²) < 4.78 is 24.2. The van der Waals surface area contributed by atoms with Crippen molar-refractivity contribution in [3.63, 3.8) is 0 Å². The summed E-state index contributed by atoms with van der Waals surface area (Å²) in [4.78, 5) is 35.2. The molecule has 3 aromatic rings. The van der Waals surface area contributed by atoms with Crippen LogP contribution in [0.4, 0.5) is 5.69 Å². The van der Waals surface area contributed by atoms with Gasteiger partial charge in [0, 0.05) is 58.9 Å². The van der Waals surface area contributed by atoms with Crippen LogP contribution in [-0.4, -0.2) is 62.4 Å². The molecule has 0 bridgehead atoms. The Kier molecular flexibility index (Phi) is 12.2. The summed E-state index contributed by atoms with van der Waals surface area (Å²) in [6.45, 7) is 9.27. The maximum atomic E-state index is 11.9. The van der Waals surface area contributed by atoms with Crippen molar-refractivity contribution in [1.29, 1.82) is 0 Å². The summed E-state index contributed by atoms with van der Waals surface area (Å²) in [6.07, 6.45) is 2.79. The molecule has 10 heteroatoms. The molecule has 0 spiro atoms. The van der Waals surface area contributed by atoms with Crippen molar-refractivity contribution >= 4 is 42.9 Å². The highest BCUT2D eigenvalue weighted by atomic mass is 16.6. The van der Waals surface area contributed by atoms with E-state index in [0.29, 0.717) is 0 Å². The van der Waals surface area contributed by atoms with Crippen LogP contribution in [0.1, 0.15) is 77.2 Å². The van der Waals surface area contributed by atoms with Gasteiger partial charge in [-0.3, -0.25) is 14.4 Å². The van der Waals surface area contributed by atoms with Crippen LogP contribution in [0.5, 0.6) is 0 Å². The number of hydrogen-bond donors (Lipinski definition) is 1. The highest BCUT2D eigenvalue weighted by molar-refractivity contribution is 5.84. The lowest BCUT2D eigenvalue weighted by atomic mass is 9.97. The molecular formula is C33H42BN2O7. The van der Waals surface area contributed by atoms with Gasteiger partial charge in [0.05, 0.1) is 12.1 Å². The lowest BCUT2D eigenvalue weighted by Crippen LogP contribution is -2.55. The van der Waals surface area contributed by atoms with E-state index in [1.165, 1.54) is 44.9 Å². The summed E-state index contributed by atoms with van der Waals surface area (Å²) in [6, 6.07) is 16.5. The predicted molar refractivity (Wildman–Crippen MR) is 166 cm³/mol. The van der Waals surface area contributed by atoms with Gasteiger partial charge in [0.25, 0.3) is 0 Å². The Balaban J connectivity index is 0.000000324. The van der Waals surface area contributed by atoms with Crippen LogP contribution in [0.3, 0.4) is 0 Å². The molecule has 0 saturated carbocycles. The van der Waals surface area contributed by atoms with Crippen LogP contribution in [0.15, 0.2) is 54.7 Å². The zero-order chi connectivity index (χ0) is 30.2. The summed E-state index contributed by atoms with van der Waals surface area (Å²) >= 11 is 0. The molecule has 0 aliphatic carbocycles.